The topological polar surface area (TPSA) is 113 Å². The van der Waals surface area contributed by atoms with Crippen molar-refractivity contribution in [3.63, 3.8) is 0 Å². The van der Waals surface area contributed by atoms with Crippen LogP contribution in [0.3, 0.4) is 0 Å². The van der Waals surface area contributed by atoms with Crippen molar-refractivity contribution >= 4 is 33.2 Å². The summed E-state index contributed by atoms with van der Waals surface area (Å²) in [4.78, 5) is 27.0. The second kappa shape index (κ2) is 10.4. The van der Waals surface area contributed by atoms with E-state index in [0.717, 1.165) is 43.4 Å². The van der Waals surface area contributed by atoms with Crippen LogP contribution in [0.5, 0.6) is 0 Å². The van der Waals surface area contributed by atoms with Crippen molar-refractivity contribution in [2.75, 3.05) is 23.8 Å². The molecular formula is C26H34N4O4S. The highest BCUT2D eigenvalue weighted by Crippen LogP contribution is 2.38. The van der Waals surface area contributed by atoms with E-state index in [-0.39, 0.29) is 41.3 Å². The lowest BCUT2D eigenvalue weighted by Gasteiger charge is -2.39. The number of carbonyl (C=O) groups excluding carboxylic acids is 2. The summed E-state index contributed by atoms with van der Waals surface area (Å²) in [5, 5.41) is 2.87. The quantitative estimate of drug-likeness (QED) is 0.607. The Bertz CT molecular complexity index is 1180. The lowest BCUT2D eigenvalue weighted by molar-refractivity contribution is -0.119. The number of benzene rings is 2. The second-order valence-electron chi connectivity index (χ2n) is 9.61. The number of nitrogens with two attached hydrogens (primary N) is 1. The molecule has 1 fully saturated rings. The van der Waals surface area contributed by atoms with Crippen LogP contribution in [-0.4, -0.2) is 50.2 Å². The summed E-state index contributed by atoms with van der Waals surface area (Å²) in [5.41, 5.74) is 7.81. The van der Waals surface area contributed by atoms with Crippen LogP contribution in [0, 0.1) is 0 Å². The number of carbonyl (C=O) groups is 2. The molecule has 2 aromatic carbocycles. The van der Waals surface area contributed by atoms with E-state index in [1.807, 2.05) is 36.1 Å². The molecule has 0 radical (unpaired) electrons. The number of para-hydroxylation sites is 1. The lowest BCUT2D eigenvalue weighted by atomic mass is 9.85. The Kier molecular flexibility index (Phi) is 7.47. The largest absolute Gasteiger partial charge is 0.369 e. The van der Waals surface area contributed by atoms with Crippen LogP contribution in [0.1, 0.15) is 56.9 Å². The molecule has 188 valence electrons. The van der Waals surface area contributed by atoms with Gasteiger partial charge in [-0.1, -0.05) is 37.5 Å². The van der Waals surface area contributed by atoms with Gasteiger partial charge in [0.25, 0.3) is 0 Å². The summed E-state index contributed by atoms with van der Waals surface area (Å²) in [6, 6.07) is 13.8. The molecule has 2 aromatic rings. The van der Waals surface area contributed by atoms with Crippen molar-refractivity contribution in [2.45, 2.75) is 68.3 Å². The van der Waals surface area contributed by atoms with Crippen LogP contribution in [0.2, 0.25) is 0 Å². The molecule has 0 aromatic heterocycles. The first-order chi connectivity index (χ1) is 16.7. The van der Waals surface area contributed by atoms with Crippen molar-refractivity contribution in [3.8, 4) is 0 Å². The van der Waals surface area contributed by atoms with Gasteiger partial charge in [-0.15, -0.1) is 0 Å². The maximum atomic E-state index is 13.1. The van der Waals surface area contributed by atoms with Crippen molar-refractivity contribution in [2.24, 2.45) is 5.73 Å². The van der Waals surface area contributed by atoms with Crippen LogP contribution in [-0.2, 0) is 19.6 Å². The molecule has 0 saturated heterocycles. The van der Waals surface area contributed by atoms with E-state index in [9.17, 15) is 18.0 Å². The predicted molar refractivity (Wildman–Crippen MR) is 137 cm³/mol. The summed E-state index contributed by atoms with van der Waals surface area (Å²) in [5.74, 6) is -0.960. The maximum Gasteiger partial charge on any atom is 0.243 e. The van der Waals surface area contributed by atoms with Crippen LogP contribution >= 0.6 is 0 Å². The molecule has 8 nitrogen and oxygen atoms in total. The number of rotatable bonds is 7. The average Bonchev–Trinajstić information content (AvgIpc) is 2.85. The van der Waals surface area contributed by atoms with Gasteiger partial charge in [0.2, 0.25) is 21.8 Å². The summed E-state index contributed by atoms with van der Waals surface area (Å²) in [6.45, 7) is 2.08. The van der Waals surface area contributed by atoms with E-state index in [4.69, 9.17) is 5.73 Å². The van der Waals surface area contributed by atoms with E-state index in [1.165, 1.54) is 4.31 Å². The molecule has 35 heavy (non-hydrogen) atoms. The molecular weight excluding hydrogens is 464 g/mol. The summed E-state index contributed by atoms with van der Waals surface area (Å²) in [6.07, 6.45) is 5.59. The average molecular weight is 499 g/mol. The third kappa shape index (κ3) is 5.36. The monoisotopic (exact) mass is 498 g/mol. The number of nitrogens with zero attached hydrogens (tertiary/aromatic N) is 2. The maximum absolute atomic E-state index is 13.1. The first-order valence-electron chi connectivity index (χ1n) is 12.2. The number of anilines is 2. The number of primary amides is 1. The van der Waals surface area contributed by atoms with Gasteiger partial charge in [0.15, 0.2) is 0 Å². The van der Waals surface area contributed by atoms with Gasteiger partial charge in [-0.3, -0.25) is 9.59 Å². The highest BCUT2D eigenvalue weighted by atomic mass is 32.2. The first-order valence-corrected chi connectivity index (χ1v) is 13.7. The summed E-state index contributed by atoms with van der Waals surface area (Å²) < 4.78 is 27.6. The Hall–Kier alpha value is -2.91. The zero-order valence-corrected chi connectivity index (χ0v) is 21.1. The minimum atomic E-state index is -3.58. The molecule has 2 amide bonds. The standard InChI is InChI=1S/C26H34N4O4S/c1-18-16-23(26(27)32)22-10-6-7-11-24(22)30(18)17-25(31)28-19-12-14-21(15-13-19)35(33,34)29(2)20-8-4-3-5-9-20/h6-7,10-15,18,20,23H,3-5,8-9,16-17H2,1-2H3,(H2,27,32)(H,28,31)/t18-,23-/m1/s1. The molecule has 2 atom stereocenters. The number of sulfonamides is 1. The molecule has 2 aliphatic rings. The Morgan fingerprint density at radius 1 is 1.06 bits per heavy atom. The molecule has 1 saturated carbocycles. The molecule has 0 unspecified atom stereocenters. The molecule has 4 rings (SSSR count). The van der Waals surface area contributed by atoms with Crippen molar-refractivity contribution < 1.29 is 18.0 Å². The molecule has 9 heteroatoms. The fourth-order valence-corrected chi connectivity index (χ4v) is 6.68. The van der Waals surface area contributed by atoms with Gasteiger partial charge >= 0.3 is 0 Å². The zero-order chi connectivity index (χ0) is 25.2. The number of nitrogens with one attached hydrogen (secondary N) is 1. The predicted octanol–water partition coefficient (Wildman–Crippen LogP) is 3.45. The van der Waals surface area contributed by atoms with Crippen molar-refractivity contribution in [1.82, 2.24) is 4.31 Å². The Balaban J connectivity index is 1.43. The first kappa shape index (κ1) is 25.2. The van der Waals surface area contributed by atoms with E-state index in [1.54, 1.807) is 31.3 Å². The van der Waals surface area contributed by atoms with Crippen LogP contribution in [0.4, 0.5) is 11.4 Å². The van der Waals surface area contributed by atoms with E-state index >= 15 is 0 Å². The third-order valence-corrected chi connectivity index (χ3v) is 9.22. The van der Waals surface area contributed by atoms with Crippen LogP contribution in [0.25, 0.3) is 0 Å². The van der Waals surface area contributed by atoms with Gasteiger partial charge in [-0.25, -0.2) is 8.42 Å². The van der Waals surface area contributed by atoms with Gasteiger partial charge in [0, 0.05) is 30.5 Å². The molecule has 3 N–H and O–H groups in total. The molecule has 1 heterocycles. The van der Waals surface area contributed by atoms with Crippen LogP contribution in [0.15, 0.2) is 53.4 Å². The van der Waals surface area contributed by atoms with Crippen LogP contribution < -0.4 is 16.0 Å². The molecule has 0 bridgehead atoms. The molecule has 1 aliphatic carbocycles. The normalized spacial score (nSPS) is 20.9. The second-order valence-corrected chi connectivity index (χ2v) is 11.6. The Morgan fingerprint density at radius 2 is 1.71 bits per heavy atom. The van der Waals surface area contributed by atoms with E-state index < -0.39 is 10.0 Å². The third-order valence-electron chi connectivity index (χ3n) is 7.29. The summed E-state index contributed by atoms with van der Waals surface area (Å²) in [7, 11) is -1.93. The Morgan fingerprint density at radius 3 is 2.37 bits per heavy atom. The highest BCUT2D eigenvalue weighted by Gasteiger charge is 2.34. The zero-order valence-electron chi connectivity index (χ0n) is 20.3. The van der Waals surface area contributed by atoms with Gasteiger partial charge in [-0.05, 0) is 62.1 Å². The van der Waals surface area contributed by atoms with Crippen molar-refractivity contribution in [1.29, 1.82) is 0 Å². The minimum absolute atomic E-state index is 0.0386. The molecule has 1 aliphatic heterocycles. The van der Waals surface area contributed by atoms with Crippen molar-refractivity contribution in [3.05, 3.63) is 54.1 Å². The number of hydrogen-bond donors (Lipinski definition) is 2. The minimum Gasteiger partial charge on any atom is -0.369 e. The van der Waals surface area contributed by atoms with Gasteiger partial charge in [0.1, 0.15) is 0 Å². The number of amides is 2. The smallest absolute Gasteiger partial charge is 0.243 e. The molecule has 0 spiro atoms. The summed E-state index contributed by atoms with van der Waals surface area (Å²) >= 11 is 0. The highest BCUT2D eigenvalue weighted by molar-refractivity contribution is 7.89. The van der Waals surface area contributed by atoms with Gasteiger partial charge in [-0.2, -0.15) is 4.31 Å². The fraction of sp³-hybridized carbons (Fsp3) is 0.462. The SMILES string of the molecule is C[C@@H]1C[C@@H](C(N)=O)c2ccccc2N1CC(=O)Nc1ccc(S(=O)(=O)N(C)C2CCCCC2)cc1. The van der Waals surface area contributed by atoms with E-state index in [0.29, 0.717) is 12.1 Å². The van der Waals surface area contributed by atoms with Gasteiger partial charge < -0.3 is 16.0 Å². The van der Waals surface area contributed by atoms with Gasteiger partial charge in [0.05, 0.1) is 17.4 Å². The lowest BCUT2D eigenvalue weighted by Crippen LogP contribution is -2.45. The number of fused-ring (bicyclic) bond motifs is 1. The fourth-order valence-electron chi connectivity index (χ4n) is 5.26. The Labute approximate surface area is 207 Å². The number of hydrogen-bond acceptors (Lipinski definition) is 5. The van der Waals surface area contributed by atoms with E-state index in [2.05, 4.69) is 5.32 Å².